The van der Waals surface area contributed by atoms with Gasteiger partial charge in [-0.15, -0.1) is 11.8 Å². The van der Waals surface area contributed by atoms with Gasteiger partial charge in [0.1, 0.15) is 11.4 Å². The van der Waals surface area contributed by atoms with Gasteiger partial charge >= 0.3 is 5.97 Å². The number of rotatable bonds is 2. The molecule has 2 aliphatic rings. The maximum Gasteiger partial charge on any atom is 0.341 e. The van der Waals surface area contributed by atoms with Crippen LogP contribution in [0.25, 0.3) is 10.9 Å². The van der Waals surface area contributed by atoms with Gasteiger partial charge in [-0.05, 0) is 13.0 Å². The normalized spacial score (nSPS) is 22.5. The van der Waals surface area contributed by atoms with E-state index in [1.165, 1.54) is 24.0 Å². The number of nitrogens with two attached hydrogens (primary N) is 1. The fourth-order valence-corrected chi connectivity index (χ4v) is 4.61. The Labute approximate surface area is 141 Å². The number of nitrogens with zero attached hydrogens (tertiary/aromatic N) is 2. The minimum Gasteiger partial charge on any atom is -0.477 e. The summed E-state index contributed by atoms with van der Waals surface area (Å²) in [5.41, 5.74) is 6.05. The largest absolute Gasteiger partial charge is 0.477 e. The first-order chi connectivity index (χ1) is 11.4. The number of carbonyl (C=O) groups is 1. The zero-order chi connectivity index (χ0) is 17.2. The van der Waals surface area contributed by atoms with Gasteiger partial charge in [-0.1, -0.05) is 0 Å². The van der Waals surface area contributed by atoms with Crippen molar-refractivity contribution in [3.05, 3.63) is 33.9 Å². The lowest BCUT2D eigenvalue weighted by Crippen LogP contribution is -2.63. The summed E-state index contributed by atoms with van der Waals surface area (Å²) >= 11 is 1.50. The Morgan fingerprint density at radius 2 is 2.25 bits per heavy atom. The van der Waals surface area contributed by atoms with Gasteiger partial charge in [0.25, 0.3) is 0 Å². The van der Waals surface area contributed by atoms with Crippen LogP contribution < -0.4 is 16.1 Å². The van der Waals surface area contributed by atoms with Crippen LogP contribution >= 0.6 is 11.8 Å². The lowest BCUT2D eigenvalue weighted by atomic mass is 9.97. The van der Waals surface area contributed by atoms with Crippen LogP contribution in [0.1, 0.15) is 17.3 Å². The number of aryl methyl sites for hydroxylation is 1. The van der Waals surface area contributed by atoms with Gasteiger partial charge in [-0.25, -0.2) is 9.18 Å². The predicted molar refractivity (Wildman–Crippen MR) is 90.6 cm³/mol. The zero-order valence-electron chi connectivity index (χ0n) is 13.0. The Kier molecular flexibility index (Phi) is 3.36. The second-order valence-electron chi connectivity index (χ2n) is 6.21. The molecular weight excluding hydrogens is 333 g/mol. The molecule has 3 heterocycles. The summed E-state index contributed by atoms with van der Waals surface area (Å²) in [6, 6.07) is 1.19. The summed E-state index contributed by atoms with van der Waals surface area (Å²) in [5, 5.41) is 9.34. The van der Waals surface area contributed by atoms with Crippen LogP contribution in [-0.4, -0.2) is 40.0 Å². The molecular formula is C16H16FN3O3S. The van der Waals surface area contributed by atoms with Crippen LogP contribution in [0.2, 0.25) is 0 Å². The molecule has 2 aliphatic heterocycles. The smallest absolute Gasteiger partial charge is 0.341 e. The lowest BCUT2D eigenvalue weighted by Gasteiger charge is -2.47. The Morgan fingerprint density at radius 3 is 2.88 bits per heavy atom. The first kappa shape index (κ1) is 15.5. The molecule has 1 saturated heterocycles. The monoisotopic (exact) mass is 349 g/mol. The topological polar surface area (TPSA) is 88.6 Å². The average Bonchev–Trinajstić information content (AvgIpc) is 2.56. The van der Waals surface area contributed by atoms with Crippen LogP contribution in [0, 0.1) is 5.82 Å². The fraction of sp³-hybridized carbons (Fsp3) is 0.375. The van der Waals surface area contributed by atoms with Gasteiger partial charge in [0.2, 0.25) is 5.43 Å². The highest BCUT2D eigenvalue weighted by atomic mass is 32.2. The average molecular weight is 349 g/mol. The number of hydrogen-bond acceptors (Lipinski definition) is 5. The third-order valence-corrected chi connectivity index (χ3v) is 5.92. The molecule has 0 spiro atoms. The molecule has 1 fully saturated rings. The highest BCUT2D eigenvalue weighted by Gasteiger charge is 2.37. The molecule has 4 rings (SSSR count). The van der Waals surface area contributed by atoms with Crippen molar-refractivity contribution >= 4 is 34.3 Å². The number of thioether (sulfide) groups is 1. The van der Waals surface area contributed by atoms with E-state index in [0.29, 0.717) is 34.9 Å². The summed E-state index contributed by atoms with van der Waals surface area (Å²) in [4.78, 5) is 26.3. The van der Waals surface area contributed by atoms with Gasteiger partial charge in [0.05, 0.1) is 21.5 Å². The third-order valence-electron chi connectivity index (χ3n) is 4.86. The maximum absolute atomic E-state index is 14.8. The fourth-order valence-electron chi connectivity index (χ4n) is 3.40. The van der Waals surface area contributed by atoms with Crippen LogP contribution in [0.15, 0.2) is 22.0 Å². The second-order valence-corrected chi connectivity index (χ2v) is 7.31. The van der Waals surface area contributed by atoms with Gasteiger partial charge in [0, 0.05) is 37.1 Å². The highest BCUT2D eigenvalue weighted by Crippen LogP contribution is 2.43. The van der Waals surface area contributed by atoms with Crippen molar-refractivity contribution in [2.45, 2.75) is 30.4 Å². The summed E-state index contributed by atoms with van der Waals surface area (Å²) in [6.45, 7) is 3.09. The molecule has 0 radical (unpaired) electrons. The predicted octanol–water partition coefficient (Wildman–Crippen LogP) is 1.48. The van der Waals surface area contributed by atoms with Crippen molar-refractivity contribution in [2.75, 3.05) is 17.2 Å². The van der Waals surface area contributed by atoms with Crippen molar-refractivity contribution in [3.63, 3.8) is 0 Å². The van der Waals surface area contributed by atoms with Crippen LogP contribution in [-0.2, 0) is 6.54 Å². The van der Waals surface area contributed by atoms with Gasteiger partial charge in [-0.2, -0.15) is 0 Å². The number of benzene rings is 1. The van der Waals surface area contributed by atoms with E-state index < -0.39 is 17.2 Å². The molecule has 1 aromatic heterocycles. The number of halogens is 1. The Bertz CT molecular complexity index is 943. The van der Waals surface area contributed by atoms with E-state index >= 15 is 0 Å². The quantitative estimate of drug-likeness (QED) is 0.854. The molecule has 0 aliphatic carbocycles. The van der Waals surface area contributed by atoms with E-state index in [0.717, 1.165) is 0 Å². The number of aromatic carboxylic acids is 1. The van der Waals surface area contributed by atoms with Crippen LogP contribution in [0.4, 0.5) is 10.1 Å². The molecule has 0 saturated carbocycles. The van der Waals surface area contributed by atoms with Crippen molar-refractivity contribution in [1.82, 2.24) is 4.57 Å². The third kappa shape index (κ3) is 1.99. The number of carboxylic acid groups (broad SMARTS) is 1. The molecule has 24 heavy (non-hydrogen) atoms. The van der Waals surface area contributed by atoms with Gasteiger partial charge in [0.15, 0.2) is 0 Å². The number of anilines is 1. The van der Waals surface area contributed by atoms with E-state index in [9.17, 15) is 19.1 Å². The number of pyridine rings is 1. The SMILES string of the molecule is C[C@H]1[C@H](N)CN1c1c(F)cc2c(=O)c(C(=O)O)cn3c2c1SCC3. The molecule has 1 aromatic carbocycles. The van der Waals surface area contributed by atoms with E-state index in [4.69, 9.17) is 5.73 Å². The minimum atomic E-state index is -1.29. The van der Waals surface area contributed by atoms with Crippen molar-refractivity contribution in [3.8, 4) is 0 Å². The Hall–Kier alpha value is -2.06. The van der Waals surface area contributed by atoms with E-state index in [2.05, 4.69) is 0 Å². The number of hydrogen-bond donors (Lipinski definition) is 2. The van der Waals surface area contributed by atoms with Gasteiger partial charge in [-0.3, -0.25) is 4.79 Å². The zero-order valence-corrected chi connectivity index (χ0v) is 13.8. The number of aromatic nitrogens is 1. The minimum absolute atomic E-state index is 0.00235. The first-order valence-electron chi connectivity index (χ1n) is 7.68. The molecule has 2 atom stereocenters. The number of carboxylic acids is 1. The maximum atomic E-state index is 14.8. The second kappa shape index (κ2) is 5.22. The molecule has 6 nitrogen and oxygen atoms in total. The molecule has 126 valence electrons. The van der Waals surface area contributed by atoms with E-state index in [1.807, 2.05) is 11.8 Å². The Balaban J connectivity index is 2.04. The van der Waals surface area contributed by atoms with Gasteiger partial charge < -0.3 is 20.3 Å². The van der Waals surface area contributed by atoms with Crippen LogP contribution in [0.3, 0.4) is 0 Å². The lowest BCUT2D eigenvalue weighted by molar-refractivity contribution is 0.0695. The molecule has 0 amide bonds. The highest BCUT2D eigenvalue weighted by molar-refractivity contribution is 7.99. The molecule has 0 unspecified atom stereocenters. The van der Waals surface area contributed by atoms with Crippen molar-refractivity contribution in [1.29, 1.82) is 0 Å². The summed E-state index contributed by atoms with van der Waals surface area (Å²) in [5.74, 6) is -1.11. The van der Waals surface area contributed by atoms with E-state index in [-0.39, 0.29) is 23.0 Å². The standard InChI is InChI=1S/C16H16FN3O3S/c1-7-11(18)6-20(7)13-10(17)4-8-12-15(13)24-3-2-19(12)5-9(14(8)21)16(22)23/h4-5,7,11H,2-3,6,18H2,1H3,(H,22,23)/t7-,11+/m0/s1. The van der Waals surface area contributed by atoms with E-state index in [1.54, 1.807) is 4.57 Å². The molecule has 8 heteroatoms. The van der Waals surface area contributed by atoms with Crippen molar-refractivity contribution < 1.29 is 14.3 Å². The molecule has 2 aromatic rings. The first-order valence-corrected chi connectivity index (χ1v) is 8.66. The molecule has 0 bridgehead atoms. The Morgan fingerprint density at radius 1 is 1.50 bits per heavy atom. The molecule has 3 N–H and O–H groups in total. The summed E-state index contributed by atoms with van der Waals surface area (Å²) in [7, 11) is 0. The summed E-state index contributed by atoms with van der Waals surface area (Å²) < 4.78 is 16.6. The van der Waals surface area contributed by atoms with Crippen LogP contribution in [0.5, 0.6) is 0 Å². The summed E-state index contributed by atoms with van der Waals surface area (Å²) in [6.07, 6.45) is 1.36. The van der Waals surface area contributed by atoms with Crippen molar-refractivity contribution in [2.24, 2.45) is 5.73 Å².